The highest BCUT2D eigenvalue weighted by atomic mass is 19.1. The van der Waals surface area contributed by atoms with E-state index in [9.17, 15) is 14.0 Å². The van der Waals surface area contributed by atoms with Gasteiger partial charge in [-0.1, -0.05) is 18.2 Å². The van der Waals surface area contributed by atoms with Crippen molar-refractivity contribution in [2.24, 2.45) is 0 Å². The van der Waals surface area contributed by atoms with Gasteiger partial charge in [0.05, 0.1) is 25.3 Å². The number of carbonyl (C=O) groups excluding carboxylic acids is 2. The molecule has 2 aromatic rings. The predicted molar refractivity (Wildman–Crippen MR) is 92.7 cm³/mol. The average molecular weight is 354 g/mol. The summed E-state index contributed by atoms with van der Waals surface area (Å²) >= 11 is 0. The molecule has 0 aliphatic carbocycles. The number of methoxy groups -OCH3 is 1. The van der Waals surface area contributed by atoms with E-state index in [1.807, 2.05) is 11.1 Å². The zero-order valence-electron chi connectivity index (χ0n) is 14.4. The quantitative estimate of drug-likeness (QED) is 0.794. The number of benzene rings is 2. The van der Waals surface area contributed by atoms with Crippen LogP contribution < -0.4 is 0 Å². The number of hydrogen-bond donors (Lipinski definition) is 0. The molecular weight excluding hydrogens is 335 g/mol. The summed E-state index contributed by atoms with van der Waals surface area (Å²) in [7, 11) is 1.32. The molecule has 2 aliphatic heterocycles. The molecule has 1 atom stereocenters. The Kier molecular flexibility index (Phi) is 4.20. The van der Waals surface area contributed by atoms with Crippen LogP contribution in [0.5, 0.6) is 0 Å². The predicted octanol–water partition coefficient (Wildman–Crippen LogP) is 3.32. The van der Waals surface area contributed by atoms with Gasteiger partial charge in [-0.3, -0.25) is 9.80 Å². The van der Waals surface area contributed by atoms with Crippen LogP contribution in [-0.4, -0.2) is 35.5 Å². The van der Waals surface area contributed by atoms with E-state index in [1.165, 1.54) is 19.2 Å². The third kappa shape index (κ3) is 2.76. The van der Waals surface area contributed by atoms with Gasteiger partial charge < -0.3 is 4.74 Å². The van der Waals surface area contributed by atoms with E-state index in [1.54, 1.807) is 29.3 Å². The monoisotopic (exact) mass is 354 g/mol. The number of amides is 1. The molecule has 6 heteroatoms. The fourth-order valence-corrected chi connectivity index (χ4v) is 3.83. The van der Waals surface area contributed by atoms with Crippen LogP contribution in [-0.2, 0) is 11.3 Å². The van der Waals surface area contributed by atoms with E-state index < -0.39 is 5.97 Å². The minimum atomic E-state index is -0.460. The molecule has 4 rings (SSSR count). The van der Waals surface area contributed by atoms with Gasteiger partial charge in [-0.2, -0.15) is 0 Å². The topological polar surface area (TPSA) is 49.9 Å². The molecule has 5 nitrogen and oxygen atoms in total. The van der Waals surface area contributed by atoms with E-state index in [4.69, 9.17) is 4.74 Å². The molecule has 0 aromatic heterocycles. The van der Waals surface area contributed by atoms with E-state index in [-0.39, 0.29) is 17.8 Å². The summed E-state index contributed by atoms with van der Waals surface area (Å²) in [4.78, 5) is 24.7. The molecule has 0 radical (unpaired) electrons. The Morgan fingerprint density at radius 1 is 1.23 bits per heavy atom. The van der Waals surface area contributed by atoms with Gasteiger partial charge in [-0.15, -0.1) is 0 Å². The van der Waals surface area contributed by atoms with Crippen LogP contribution in [0.2, 0.25) is 0 Å². The van der Waals surface area contributed by atoms with Crippen LogP contribution in [0.1, 0.15) is 50.7 Å². The molecule has 134 valence electrons. The molecule has 26 heavy (non-hydrogen) atoms. The first kappa shape index (κ1) is 16.7. The van der Waals surface area contributed by atoms with Gasteiger partial charge in [0, 0.05) is 12.1 Å². The Morgan fingerprint density at radius 2 is 2.08 bits per heavy atom. The van der Waals surface area contributed by atoms with Gasteiger partial charge in [0.15, 0.2) is 0 Å². The molecule has 2 aromatic carbocycles. The molecule has 1 amide bonds. The average Bonchev–Trinajstić information content (AvgIpc) is 3.25. The number of esters is 1. The van der Waals surface area contributed by atoms with Crippen molar-refractivity contribution in [1.82, 2.24) is 10.0 Å². The normalized spacial score (nSPS) is 19.7. The summed E-state index contributed by atoms with van der Waals surface area (Å²) in [5.74, 6) is -0.861. The molecule has 1 saturated heterocycles. The molecule has 2 heterocycles. The molecule has 2 aliphatic rings. The van der Waals surface area contributed by atoms with Crippen molar-refractivity contribution in [3.05, 3.63) is 70.5 Å². The van der Waals surface area contributed by atoms with Crippen molar-refractivity contribution in [2.75, 3.05) is 13.7 Å². The maximum Gasteiger partial charge on any atom is 0.337 e. The Hall–Kier alpha value is -2.73. The molecule has 0 saturated carbocycles. The summed E-state index contributed by atoms with van der Waals surface area (Å²) < 4.78 is 18.4. The maximum absolute atomic E-state index is 13.6. The summed E-state index contributed by atoms with van der Waals surface area (Å²) in [6, 6.07) is 11.6. The minimum absolute atomic E-state index is 0.0240. The molecular formula is C20H19FN2O3. The first-order chi connectivity index (χ1) is 12.6. The van der Waals surface area contributed by atoms with Gasteiger partial charge >= 0.3 is 5.97 Å². The highest BCUT2D eigenvalue weighted by Crippen LogP contribution is 2.37. The summed E-state index contributed by atoms with van der Waals surface area (Å²) in [6.07, 6.45) is 1.81. The Balaban J connectivity index is 1.62. The molecule has 1 fully saturated rings. The Bertz CT molecular complexity index is 883. The number of carbonyl (C=O) groups is 2. The third-order valence-corrected chi connectivity index (χ3v) is 5.08. The van der Waals surface area contributed by atoms with Gasteiger partial charge in [0.1, 0.15) is 5.82 Å². The number of fused-ring (bicyclic) bond motifs is 1. The van der Waals surface area contributed by atoms with Crippen LogP contribution >= 0.6 is 0 Å². The highest BCUT2D eigenvalue weighted by Gasteiger charge is 2.38. The van der Waals surface area contributed by atoms with Crippen LogP contribution in [0.3, 0.4) is 0 Å². The number of ether oxygens (including phenoxy) is 1. The molecule has 1 unspecified atom stereocenters. The van der Waals surface area contributed by atoms with Gasteiger partial charge in [-0.25, -0.2) is 14.2 Å². The second-order valence-electron chi connectivity index (χ2n) is 6.60. The fourth-order valence-electron chi connectivity index (χ4n) is 3.83. The molecule has 0 spiro atoms. The largest absolute Gasteiger partial charge is 0.465 e. The van der Waals surface area contributed by atoms with Crippen LogP contribution in [0, 0.1) is 5.82 Å². The van der Waals surface area contributed by atoms with Crippen molar-refractivity contribution >= 4 is 11.9 Å². The zero-order valence-corrected chi connectivity index (χ0v) is 14.4. The highest BCUT2D eigenvalue weighted by molar-refractivity contribution is 6.01. The maximum atomic E-state index is 13.6. The van der Waals surface area contributed by atoms with E-state index in [2.05, 4.69) is 0 Å². The first-order valence-corrected chi connectivity index (χ1v) is 8.63. The van der Waals surface area contributed by atoms with E-state index in [0.29, 0.717) is 17.7 Å². The van der Waals surface area contributed by atoms with Crippen LogP contribution in [0.25, 0.3) is 0 Å². The van der Waals surface area contributed by atoms with E-state index >= 15 is 0 Å². The number of rotatable bonds is 3. The van der Waals surface area contributed by atoms with E-state index in [0.717, 1.165) is 30.5 Å². The van der Waals surface area contributed by atoms with Crippen molar-refractivity contribution in [2.45, 2.75) is 25.4 Å². The smallest absolute Gasteiger partial charge is 0.337 e. The van der Waals surface area contributed by atoms with Crippen LogP contribution in [0.4, 0.5) is 4.39 Å². The number of nitrogens with zero attached hydrogens (tertiary/aromatic N) is 2. The van der Waals surface area contributed by atoms with Gasteiger partial charge in [0.25, 0.3) is 5.91 Å². The van der Waals surface area contributed by atoms with Crippen LogP contribution in [0.15, 0.2) is 42.5 Å². The fraction of sp³-hybridized carbons (Fsp3) is 0.300. The third-order valence-electron chi connectivity index (χ3n) is 5.08. The zero-order chi connectivity index (χ0) is 18.3. The second-order valence-corrected chi connectivity index (χ2v) is 6.60. The summed E-state index contributed by atoms with van der Waals surface area (Å²) in [6.45, 7) is 1.20. The van der Waals surface area contributed by atoms with Crippen molar-refractivity contribution in [1.29, 1.82) is 0 Å². The number of hydrazine groups is 1. The second kappa shape index (κ2) is 6.53. The van der Waals surface area contributed by atoms with Crippen molar-refractivity contribution in [3.8, 4) is 0 Å². The first-order valence-electron chi connectivity index (χ1n) is 8.63. The van der Waals surface area contributed by atoms with Crippen molar-refractivity contribution in [3.63, 3.8) is 0 Å². The Morgan fingerprint density at radius 3 is 2.85 bits per heavy atom. The lowest BCUT2D eigenvalue weighted by atomic mass is 10.1. The van der Waals surface area contributed by atoms with Gasteiger partial charge in [-0.05, 0) is 48.2 Å². The SMILES string of the molecule is COC(=O)c1ccc2c(c1)C(=O)N(N1CCCC1c1cccc(F)c1)C2. The number of halogens is 1. The molecule has 0 N–H and O–H groups in total. The lowest BCUT2D eigenvalue weighted by Gasteiger charge is -2.33. The molecule has 0 bridgehead atoms. The van der Waals surface area contributed by atoms with Crippen molar-refractivity contribution < 1.29 is 18.7 Å². The standard InChI is InChI=1S/C20H19FN2O3/c1-26-20(25)14-7-8-15-12-23(19(24)17(15)11-14)22-9-3-6-18(22)13-4-2-5-16(21)10-13/h2,4-5,7-8,10-11,18H,3,6,9,12H2,1H3. The lowest BCUT2D eigenvalue weighted by molar-refractivity contribution is -0.0189. The summed E-state index contributed by atoms with van der Waals surface area (Å²) in [5.41, 5.74) is 2.65. The lowest BCUT2D eigenvalue weighted by Crippen LogP contribution is -2.42. The summed E-state index contributed by atoms with van der Waals surface area (Å²) in [5, 5.41) is 3.74. The number of hydrogen-bond acceptors (Lipinski definition) is 4. The van der Waals surface area contributed by atoms with Gasteiger partial charge in [0.2, 0.25) is 0 Å². The minimum Gasteiger partial charge on any atom is -0.465 e. The Labute approximate surface area is 150 Å².